The van der Waals surface area contributed by atoms with Crippen molar-refractivity contribution in [1.82, 2.24) is 15.3 Å². The van der Waals surface area contributed by atoms with Gasteiger partial charge in [0.1, 0.15) is 27.3 Å². The van der Waals surface area contributed by atoms with Crippen LogP contribution in [0.3, 0.4) is 0 Å². The van der Waals surface area contributed by atoms with Crippen molar-refractivity contribution in [3.8, 4) is 0 Å². The molecule has 0 aliphatic rings. The molecule has 4 N–H and O–H groups in total. The van der Waals surface area contributed by atoms with Gasteiger partial charge in [-0.25, -0.2) is 18.7 Å². The molecule has 0 aliphatic heterocycles. The van der Waals surface area contributed by atoms with Crippen LogP contribution in [-0.4, -0.2) is 21.7 Å². The lowest BCUT2D eigenvalue weighted by molar-refractivity contribution is 0.0950. The number of hydrogen-bond donors (Lipinski definition) is 3. The van der Waals surface area contributed by atoms with Crippen LogP contribution in [0.4, 0.5) is 25.4 Å². The fraction of sp³-hybridized carbons (Fsp3) is 0.0476. The van der Waals surface area contributed by atoms with E-state index in [1.165, 1.54) is 17.4 Å². The van der Waals surface area contributed by atoms with Gasteiger partial charge in [-0.1, -0.05) is 17.4 Å². The fourth-order valence-corrected chi connectivity index (χ4v) is 4.21. The molecule has 162 valence electrons. The zero-order chi connectivity index (χ0) is 22.7. The zero-order valence-corrected chi connectivity index (χ0v) is 17.9. The molecule has 7 nitrogen and oxygen atoms in total. The van der Waals surface area contributed by atoms with E-state index in [1.807, 2.05) is 5.38 Å². The Balaban J connectivity index is 1.45. The van der Waals surface area contributed by atoms with E-state index >= 15 is 0 Å². The minimum Gasteiger partial charge on any atom is -0.382 e. The highest BCUT2D eigenvalue weighted by molar-refractivity contribution is 7.18. The van der Waals surface area contributed by atoms with Crippen LogP contribution in [0, 0.1) is 11.6 Å². The van der Waals surface area contributed by atoms with Crippen molar-refractivity contribution in [2.24, 2.45) is 0 Å². The van der Waals surface area contributed by atoms with Gasteiger partial charge in [0, 0.05) is 22.8 Å². The summed E-state index contributed by atoms with van der Waals surface area (Å²) >= 11 is 2.33. The van der Waals surface area contributed by atoms with Crippen molar-refractivity contribution in [3.63, 3.8) is 0 Å². The summed E-state index contributed by atoms with van der Waals surface area (Å²) < 4.78 is 27.9. The maximum atomic E-state index is 13.9. The van der Waals surface area contributed by atoms with E-state index in [9.17, 15) is 18.4 Å². The number of benzene rings is 2. The molecular formula is C21H15F2N5O2S2. The molecule has 4 rings (SSSR count). The number of nitrogens with one attached hydrogen (secondary N) is 2. The summed E-state index contributed by atoms with van der Waals surface area (Å²) in [5, 5.41) is 8.65. The number of nitrogens with two attached hydrogens (primary N) is 1. The Morgan fingerprint density at radius 2 is 1.78 bits per heavy atom. The quantitative estimate of drug-likeness (QED) is 0.346. The summed E-state index contributed by atoms with van der Waals surface area (Å²) in [6.07, 6.45) is 1.67. The van der Waals surface area contributed by atoms with Gasteiger partial charge in [0.15, 0.2) is 5.13 Å². The van der Waals surface area contributed by atoms with Gasteiger partial charge in [-0.15, -0.1) is 11.3 Å². The minimum atomic E-state index is -0.971. The molecule has 1 amide bonds. The lowest BCUT2D eigenvalue weighted by Gasteiger charge is -2.06. The lowest BCUT2D eigenvalue weighted by Crippen LogP contribution is -2.22. The predicted molar refractivity (Wildman–Crippen MR) is 119 cm³/mol. The summed E-state index contributed by atoms with van der Waals surface area (Å²) in [5.74, 6) is -3.20. The highest BCUT2D eigenvalue weighted by Gasteiger charge is 2.24. The fourth-order valence-electron chi connectivity index (χ4n) is 2.80. The normalized spacial score (nSPS) is 10.7. The lowest BCUT2D eigenvalue weighted by atomic mass is 10.1. The number of carbonyl (C=O) groups excluding carboxylic acids is 2. The Labute approximate surface area is 189 Å². The maximum Gasteiger partial charge on any atom is 0.251 e. The van der Waals surface area contributed by atoms with Gasteiger partial charge in [-0.3, -0.25) is 9.59 Å². The van der Waals surface area contributed by atoms with Crippen molar-refractivity contribution in [2.75, 3.05) is 11.1 Å². The molecule has 0 radical (unpaired) electrons. The largest absolute Gasteiger partial charge is 0.382 e. The summed E-state index contributed by atoms with van der Waals surface area (Å²) in [6, 6.07) is 9.74. The topological polar surface area (TPSA) is 110 Å². The van der Waals surface area contributed by atoms with Gasteiger partial charge >= 0.3 is 0 Å². The van der Waals surface area contributed by atoms with Crippen molar-refractivity contribution >= 4 is 51.0 Å². The molecule has 0 unspecified atom stereocenters. The van der Waals surface area contributed by atoms with Gasteiger partial charge in [0.25, 0.3) is 5.91 Å². The first-order valence-corrected chi connectivity index (χ1v) is 10.9. The Morgan fingerprint density at radius 3 is 2.44 bits per heavy atom. The molecule has 0 saturated carbocycles. The third kappa shape index (κ3) is 4.63. The number of ketones is 1. The Bertz CT molecular complexity index is 1250. The molecule has 2 heterocycles. The number of rotatable bonds is 7. The van der Waals surface area contributed by atoms with Crippen molar-refractivity contribution in [2.45, 2.75) is 6.54 Å². The summed E-state index contributed by atoms with van der Waals surface area (Å²) in [6.45, 7) is 0.342. The number of amides is 1. The third-order valence-corrected chi connectivity index (χ3v) is 6.10. The highest BCUT2D eigenvalue weighted by Crippen LogP contribution is 2.31. The zero-order valence-electron chi connectivity index (χ0n) is 16.3. The average Bonchev–Trinajstić information content (AvgIpc) is 3.42. The van der Waals surface area contributed by atoms with E-state index in [4.69, 9.17) is 5.73 Å². The molecule has 2 aromatic heterocycles. The van der Waals surface area contributed by atoms with Crippen LogP contribution in [0.5, 0.6) is 0 Å². The summed E-state index contributed by atoms with van der Waals surface area (Å²) in [5.41, 5.74) is 6.17. The maximum absolute atomic E-state index is 13.9. The van der Waals surface area contributed by atoms with Crippen molar-refractivity contribution in [1.29, 1.82) is 0 Å². The average molecular weight is 472 g/mol. The number of hydrogen-bond acceptors (Lipinski definition) is 8. The number of anilines is 3. The minimum absolute atomic E-state index is 0.0744. The van der Waals surface area contributed by atoms with E-state index in [1.54, 1.807) is 30.5 Å². The summed E-state index contributed by atoms with van der Waals surface area (Å²) in [7, 11) is 0. The number of nitrogens with zero attached hydrogens (tertiary/aromatic N) is 2. The van der Waals surface area contributed by atoms with Crippen LogP contribution in [-0.2, 0) is 6.54 Å². The highest BCUT2D eigenvalue weighted by atomic mass is 32.1. The first kappa shape index (κ1) is 21.5. The Kier molecular flexibility index (Phi) is 6.19. The van der Waals surface area contributed by atoms with E-state index in [2.05, 4.69) is 20.6 Å². The van der Waals surface area contributed by atoms with Gasteiger partial charge in [0.2, 0.25) is 5.78 Å². The predicted octanol–water partition coefficient (Wildman–Crippen LogP) is 4.36. The van der Waals surface area contributed by atoms with Gasteiger partial charge in [0.05, 0.1) is 12.1 Å². The monoisotopic (exact) mass is 471 g/mol. The number of aromatic nitrogens is 2. The SMILES string of the molecule is Nc1nc(Nc2ccc(C(=O)NCc3nccs3)cc2)sc1C(=O)c1c(F)cccc1F. The smallest absolute Gasteiger partial charge is 0.251 e. The molecule has 0 aliphatic carbocycles. The Morgan fingerprint density at radius 1 is 1.06 bits per heavy atom. The second kappa shape index (κ2) is 9.20. The van der Waals surface area contributed by atoms with Gasteiger partial charge < -0.3 is 16.4 Å². The molecule has 32 heavy (non-hydrogen) atoms. The third-order valence-electron chi connectivity index (χ3n) is 4.33. The number of carbonyl (C=O) groups is 2. The molecule has 0 saturated heterocycles. The molecule has 4 aromatic rings. The van der Waals surface area contributed by atoms with E-state index < -0.39 is 23.0 Å². The molecule has 0 spiro atoms. The first-order chi connectivity index (χ1) is 15.4. The number of thiazole rings is 2. The van der Waals surface area contributed by atoms with E-state index in [0.29, 0.717) is 17.8 Å². The van der Waals surface area contributed by atoms with E-state index in [0.717, 1.165) is 28.5 Å². The van der Waals surface area contributed by atoms with Crippen LogP contribution < -0.4 is 16.4 Å². The standard InChI is InChI=1S/C21H15F2N5O2S2/c22-13-2-1-3-14(23)16(13)17(29)18-19(24)28-21(32-18)27-12-6-4-11(5-7-12)20(30)26-10-15-25-8-9-31-15/h1-9H,10,24H2,(H,26,30)(H,27,28). The molecule has 0 bridgehead atoms. The van der Waals surface area contributed by atoms with Crippen LogP contribution in [0.25, 0.3) is 0 Å². The number of nitrogen functional groups attached to an aromatic ring is 1. The van der Waals surface area contributed by atoms with Crippen LogP contribution in [0.15, 0.2) is 54.0 Å². The molecule has 0 fully saturated rings. The molecule has 2 aromatic carbocycles. The molecular weight excluding hydrogens is 456 g/mol. The molecule has 0 atom stereocenters. The van der Waals surface area contributed by atoms with Gasteiger partial charge in [-0.05, 0) is 36.4 Å². The Hall–Kier alpha value is -3.70. The first-order valence-electron chi connectivity index (χ1n) is 9.21. The van der Waals surface area contributed by atoms with Gasteiger partial charge in [-0.2, -0.15) is 0 Å². The van der Waals surface area contributed by atoms with Crippen LogP contribution >= 0.6 is 22.7 Å². The number of halogens is 2. The van der Waals surface area contributed by atoms with Crippen molar-refractivity contribution in [3.05, 3.63) is 86.7 Å². The molecule has 11 heteroatoms. The van der Waals surface area contributed by atoms with Crippen LogP contribution in [0.2, 0.25) is 0 Å². The van der Waals surface area contributed by atoms with Crippen LogP contribution in [0.1, 0.15) is 30.6 Å². The second-order valence-electron chi connectivity index (χ2n) is 6.47. The summed E-state index contributed by atoms with van der Waals surface area (Å²) in [4.78, 5) is 32.9. The second-order valence-corrected chi connectivity index (χ2v) is 8.45. The van der Waals surface area contributed by atoms with Crippen molar-refractivity contribution < 1.29 is 18.4 Å². The van der Waals surface area contributed by atoms with E-state index in [-0.39, 0.29) is 21.7 Å².